The zero-order chi connectivity index (χ0) is 19.2. The predicted molar refractivity (Wildman–Crippen MR) is 104 cm³/mol. The number of ketones is 2. The summed E-state index contributed by atoms with van der Waals surface area (Å²) >= 11 is 0. The van der Waals surface area contributed by atoms with Crippen LogP contribution in [0.15, 0.2) is 24.3 Å². The highest BCUT2D eigenvalue weighted by atomic mass is 16.1. The minimum absolute atomic E-state index is 0.0838. The molecule has 1 aromatic carbocycles. The average Bonchev–Trinajstić information content (AvgIpc) is 3.07. The molecule has 1 aliphatic rings. The molecule has 1 aromatic heterocycles. The molecular weight excluding hydrogens is 338 g/mol. The number of unbranched alkanes of at least 4 members (excludes halogenated alkanes) is 7. The molecule has 1 aliphatic carbocycles. The van der Waals surface area contributed by atoms with Crippen LogP contribution in [0.3, 0.4) is 0 Å². The van der Waals surface area contributed by atoms with Gasteiger partial charge in [-0.3, -0.25) is 9.59 Å². The van der Waals surface area contributed by atoms with Gasteiger partial charge in [0.05, 0.1) is 5.21 Å². The highest BCUT2D eigenvalue weighted by molar-refractivity contribution is 6.26. The topological polar surface area (TPSA) is 55.8 Å². The molecule has 0 saturated heterocycles. The minimum Gasteiger partial charge on any atom is -0.284 e. The Bertz CT molecular complexity index is 823. The molecule has 0 radical (unpaired) electrons. The van der Waals surface area contributed by atoms with Gasteiger partial charge in [-0.05, 0) is 19.8 Å². The molecule has 0 atom stereocenters. The van der Waals surface area contributed by atoms with Crippen LogP contribution >= 0.6 is 0 Å². The maximum Gasteiger partial charge on any atom is 0.249 e. The Morgan fingerprint density at radius 2 is 1.44 bits per heavy atom. The van der Waals surface area contributed by atoms with Crippen LogP contribution in [-0.2, 0) is 13.1 Å². The van der Waals surface area contributed by atoms with Crippen molar-refractivity contribution in [1.29, 1.82) is 0 Å². The first kappa shape index (κ1) is 19.5. The van der Waals surface area contributed by atoms with Gasteiger partial charge in [0.15, 0.2) is 0 Å². The molecule has 27 heavy (non-hydrogen) atoms. The van der Waals surface area contributed by atoms with Crippen LogP contribution in [-0.4, -0.2) is 21.5 Å². The second kappa shape index (κ2) is 9.07. The van der Waals surface area contributed by atoms with Gasteiger partial charge in [-0.15, -0.1) is 9.36 Å². The summed E-state index contributed by atoms with van der Waals surface area (Å²) in [6, 6.07) is 7.08. The van der Waals surface area contributed by atoms with Crippen molar-refractivity contribution < 1.29 is 14.3 Å². The van der Waals surface area contributed by atoms with Crippen LogP contribution in [0.4, 0.5) is 0 Å². The van der Waals surface area contributed by atoms with Gasteiger partial charge in [-0.1, -0.05) is 69.7 Å². The van der Waals surface area contributed by atoms with Crippen LogP contribution in [0.25, 0.3) is 0 Å². The number of aryl methyl sites for hydroxylation is 2. The largest absolute Gasteiger partial charge is 0.284 e. The van der Waals surface area contributed by atoms with E-state index in [9.17, 15) is 9.59 Å². The van der Waals surface area contributed by atoms with Crippen molar-refractivity contribution in [3.8, 4) is 0 Å². The van der Waals surface area contributed by atoms with Gasteiger partial charge in [-0.2, -0.15) is 0 Å². The first-order valence-electron chi connectivity index (χ1n) is 10.4. The molecule has 5 nitrogen and oxygen atoms in total. The fraction of sp³-hybridized carbons (Fsp3) is 0.545. The van der Waals surface area contributed by atoms with Crippen LogP contribution in [0.2, 0.25) is 0 Å². The van der Waals surface area contributed by atoms with Gasteiger partial charge < -0.3 is 0 Å². The lowest BCUT2D eigenvalue weighted by atomic mass is 9.90. The average molecular weight is 369 g/mol. The molecule has 0 spiro atoms. The second-order valence-corrected chi connectivity index (χ2v) is 7.30. The van der Waals surface area contributed by atoms with Crippen molar-refractivity contribution in [1.82, 2.24) is 9.90 Å². The lowest BCUT2D eigenvalue weighted by molar-refractivity contribution is -0.757. The van der Waals surface area contributed by atoms with Crippen molar-refractivity contribution in [2.24, 2.45) is 0 Å². The summed E-state index contributed by atoms with van der Waals surface area (Å²) in [5, 5.41) is 4.54. The summed E-state index contributed by atoms with van der Waals surface area (Å²) < 4.78 is 3.43. The third kappa shape index (κ3) is 4.02. The van der Waals surface area contributed by atoms with Gasteiger partial charge in [0, 0.05) is 11.1 Å². The maximum absolute atomic E-state index is 13.0. The summed E-state index contributed by atoms with van der Waals surface area (Å²) in [4.78, 5) is 25.9. The first-order valence-corrected chi connectivity index (χ1v) is 10.4. The zero-order valence-corrected chi connectivity index (χ0v) is 16.5. The number of fused-ring (bicyclic) bond motifs is 2. The van der Waals surface area contributed by atoms with E-state index in [0.29, 0.717) is 35.6 Å². The molecule has 0 bridgehead atoms. The van der Waals surface area contributed by atoms with Crippen molar-refractivity contribution in [2.45, 2.75) is 78.3 Å². The van der Waals surface area contributed by atoms with Crippen LogP contribution in [0.1, 0.15) is 97.3 Å². The highest BCUT2D eigenvalue weighted by Gasteiger charge is 2.41. The number of carbonyl (C=O) groups excluding carboxylic acids is 2. The number of rotatable bonds is 10. The van der Waals surface area contributed by atoms with Crippen LogP contribution in [0.5, 0.6) is 0 Å². The summed E-state index contributed by atoms with van der Waals surface area (Å²) in [6.07, 6.45) is 9.85. The van der Waals surface area contributed by atoms with E-state index < -0.39 is 0 Å². The molecule has 144 valence electrons. The van der Waals surface area contributed by atoms with E-state index in [1.165, 1.54) is 38.5 Å². The molecule has 0 N–H and O–H groups in total. The fourth-order valence-electron chi connectivity index (χ4n) is 3.82. The van der Waals surface area contributed by atoms with Gasteiger partial charge in [0.25, 0.3) is 0 Å². The Kier molecular flexibility index (Phi) is 6.54. The number of nitrogens with zero attached hydrogens (tertiary/aromatic N) is 3. The molecule has 0 amide bonds. The van der Waals surface area contributed by atoms with E-state index in [1.807, 2.05) is 13.0 Å². The molecular formula is C22H30N3O2+. The SMILES string of the molecule is CCCCCCCCCC[n+]1nn(CC)c2c1C(=O)c1ccccc1C2=O. The Balaban J connectivity index is 1.69. The van der Waals surface area contributed by atoms with Gasteiger partial charge >= 0.3 is 0 Å². The van der Waals surface area contributed by atoms with Crippen LogP contribution < -0.4 is 4.68 Å². The van der Waals surface area contributed by atoms with E-state index in [0.717, 1.165) is 12.8 Å². The fourth-order valence-corrected chi connectivity index (χ4v) is 3.82. The molecule has 2 aromatic rings. The number of aromatic nitrogens is 3. The Morgan fingerprint density at radius 3 is 2.07 bits per heavy atom. The van der Waals surface area contributed by atoms with Gasteiger partial charge in [0.2, 0.25) is 23.0 Å². The molecule has 0 aliphatic heterocycles. The minimum atomic E-state index is -0.0933. The first-order chi connectivity index (χ1) is 13.2. The van der Waals surface area contributed by atoms with Gasteiger partial charge in [0.1, 0.15) is 13.1 Å². The lowest BCUT2D eigenvalue weighted by Crippen LogP contribution is -2.43. The van der Waals surface area contributed by atoms with Crippen molar-refractivity contribution in [3.05, 3.63) is 46.8 Å². The molecule has 5 heteroatoms. The quantitative estimate of drug-likeness (QED) is 0.400. The van der Waals surface area contributed by atoms with E-state index in [4.69, 9.17) is 0 Å². The lowest BCUT2D eigenvalue weighted by Gasteiger charge is -2.11. The third-order valence-corrected chi connectivity index (χ3v) is 5.33. The summed E-state index contributed by atoms with van der Waals surface area (Å²) in [5.74, 6) is -0.177. The Morgan fingerprint density at radius 1 is 0.852 bits per heavy atom. The normalized spacial score (nSPS) is 13.0. The Labute approximate surface area is 161 Å². The van der Waals surface area contributed by atoms with Crippen molar-refractivity contribution >= 4 is 11.6 Å². The highest BCUT2D eigenvalue weighted by Crippen LogP contribution is 2.25. The van der Waals surface area contributed by atoms with Crippen LogP contribution in [0, 0.1) is 0 Å². The summed E-state index contributed by atoms with van der Waals surface area (Å²) in [7, 11) is 0. The Hall–Kier alpha value is -2.30. The van der Waals surface area contributed by atoms with E-state index >= 15 is 0 Å². The maximum atomic E-state index is 13.0. The molecule has 0 saturated carbocycles. The standard InChI is InChI=1S/C22H30N3O2/c1-3-5-6-7-8-9-10-13-16-25-20-19(24(4-2)23-25)21(26)17-14-11-12-15-18(17)22(20)27/h11-12,14-15H,3-10,13,16H2,1-2H3/q+1. The number of benzene rings is 1. The van der Waals surface area contributed by atoms with E-state index in [-0.39, 0.29) is 11.6 Å². The monoisotopic (exact) mass is 368 g/mol. The van der Waals surface area contributed by atoms with Crippen molar-refractivity contribution in [3.63, 3.8) is 0 Å². The van der Waals surface area contributed by atoms with Gasteiger partial charge in [-0.25, -0.2) is 0 Å². The predicted octanol–water partition coefficient (Wildman–Crippen LogP) is 4.11. The zero-order valence-electron chi connectivity index (χ0n) is 16.5. The van der Waals surface area contributed by atoms with E-state index in [1.54, 1.807) is 27.6 Å². The summed E-state index contributed by atoms with van der Waals surface area (Å²) in [6.45, 7) is 5.45. The number of carbonyl (C=O) groups is 2. The smallest absolute Gasteiger partial charge is 0.249 e. The van der Waals surface area contributed by atoms with E-state index in [2.05, 4.69) is 12.1 Å². The second-order valence-electron chi connectivity index (χ2n) is 7.30. The molecule has 0 unspecified atom stereocenters. The number of hydrogen-bond donors (Lipinski definition) is 0. The summed E-state index contributed by atoms with van der Waals surface area (Å²) in [5.41, 5.74) is 1.89. The molecule has 3 rings (SSSR count). The molecule has 1 heterocycles. The third-order valence-electron chi connectivity index (χ3n) is 5.33. The molecule has 0 fully saturated rings. The number of hydrogen-bond acceptors (Lipinski definition) is 3. The van der Waals surface area contributed by atoms with Crippen molar-refractivity contribution in [2.75, 3.05) is 0 Å².